The molecule has 0 saturated heterocycles. The molecule has 3 rings (SSSR count). The van der Waals surface area contributed by atoms with Crippen molar-refractivity contribution in [3.05, 3.63) is 93.2 Å². The van der Waals surface area contributed by atoms with E-state index in [9.17, 15) is 14.4 Å². The van der Waals surface area contributed by atoms with Gasteiger partial charge < -0.3 is 19.5 Å². The van der Waals surface area contributed by atoms with E-state index in [1.54, 1.807) is 55.6 Å². The zero-order valence-electron chi connectivity index (χ0n) is 18.6. The number of halogens is 2. The minimum atomic E-state index is -0.511. The molecule has 0 saturated carbocycles. The molecular formula is C26H22BrFN2O4. The molecule has 0 aromatic heterocycles. The van der Waals surface area contributed by atoms with Crippen molar-refractivity contribution in [1.29, 1.82) is 5.26 Å². The quantitative estimate of drug-likeness (QED) is 0.299. The Labute approximate surface area is 205 Å². The number of ether oxygens (including phenoxy) is 3. The van der Waals surface area contributed by atoms with Crippen molar-refractivity contribution in [2.45, 2.75) is 13.2 Å². The molecule has 34 heavy (non-hydrogen) atoms. The second-order valence-electron chi connectivity index (χ2n) is 7.14. The maximum Gasteiger partial charge on any atom is 0.262 e. The van der Waals surface area contributed by atoms with E-state index in [1.165, 1.54) is 25.3 Å². The summed E-state index contributed by atoms with van der Waals surface area (Å²) >= 11 is 3.44. The van der Waals surface area contributed by atoms with Crippen LogP contribution in [0.3, 0.4) is 0 Å². The molecule has 6 nitrogen and oxygen atoms in total. The number of carbonyl (C=O) groups excluding carboxylic acids is 1. The fourth-order valence-corrected chi connectivity index (χ4v) is 3.61. The van der Waals surface area contributed by atoms with Gasteiger partial charge in [-0.3, -0.25) is 4.79 Å². The molecule has 0 spiro atoms. The lowest BCUT2D eigenvalue weighted by Gasteiger charge is -2.11. The van der Waals surface area contributed by atoms with Gasteiger partial charge in [-0.05, 0) is 69.5 Å². The first-order chi connectivity index (χ1) is 16.4. The predicted octanol–water partition coefficient (Wildman–Crippen LogP) is 5.41. The number of nitriles is 1. The Bertz CT molecular complexity index is 1250. The standard InChI is InChI=1S/C26H22BrFN2O4/c1-32-22-8-7-19(25(13-22)33-2)15-30-26(31)20(14-29)10-17-6-9-24(23(27)12-17)34-16-18-4-3-5-21(28)11-18/h3-13H,15-16H2,1-2H3,(H,30,31)/b20-10+. The lowest BCUT2D eigenvalue weighted by atomic mass is 10.1. The minimum absolute atomic E-state index is 0.0483. The van der Waals surface area contributed by atoms with Crippen molar-refractivity contribution in [2.75, 3.05) is 14.2 Å². The average Bonchev–Trinajstić information content (AvgIpc) is 2.85. The van der Waals surface area contributed by atoms with Crippen molar-refractivity contribution in [1.82, 2.24) is 5.32 Å². The van der Waals surface area contributed by atoms with Gasteiger partial charge in [-0.1, -0.05) is 18.2 Å². The van der Waals surface area contributed by atoms with Crippen LogP contribution >= 0.6 is 15.9 Å². The predicted molar refractivity (Wildman–Crippen MR) is 130 cm³/mol. The summed E-state index contributed by atoms with van der Waals surface area (Å²) in [6.45, 7) is 0.383. The lowest BCUT2D eigenvalue weighted by Crippen LogP contribution is -2.24. The summed E-state index contributed by atoms with van der Waals surface area (Å²) in [5, 5.41) is 12.2. The summed E-state index contributed by atoms with van der Waals surface area (Å²) in [5.41, 5.74) is 2.04. The maximum absolute atomic E-state index is 13.3. The molecule has 3 aromatic rings. The van der Waals surface area contributed by atoms with E-state index in [-0.39, 0.29) is 24.5 Å². The third kappa shape index (κ3) is 6.59. The number of hydrogen-bond acceptors (Lipinski definition) is 5. The second kappa shape index (κ2) is 11.9. The fraction of sp³-hybridized carbons (Fsp3) is 0.154. The van der Waals surface area contributed by atoms with Gasteiger partial charge in [-0.25, -0.2) is 4.39 Å². The van der Waals surface area contributed by atoms with E-state index in [0.29, 0.717) is 32.8 Å². The highest BCUT2D eigenvalue weighted by Gasteiger charge is 2.12. The summed E-state index contributed by atoms with van der Waals surface area (Å²) in [5.74, 6) is 0.922. The Morgan fingerprint density at radius 1 is 1.09 bits per heavy atom. The van der Waals surface area contributed by atoms with Crippen LogP contribution in [0.25, 0.3) is 6.08 Å². The number of methoxy groups -OCH3 is 2. The molecule has 0 unspecified atom stereocenters. The number of carbonyl (C=O) groups is 1. The van der Waals surface area contributed by atoms with Crippen LogP contribution in [-0.4, -0.2) is 20.1 Å². The minimum Gasteiger partial charge on any atom is -0.497 e. The van der Waals surface area contributed by atoms with Crippen molar-refractivity contribution >= 4 is 27.9 Å². The molecule has 174 valence electrons. The summed E-state index contributed by atoms with van der Waals surface area (Å²) in [6, 6.07) is 18.5. The number of benzene rings is 3. The average molecular weight is 525 g/mol. The molecule has 0 aliphatic heterocycles. The van der Waals surface area contributed by atoms with E-state index in [1.807, 2.05) is 6.07 Å². The van der Waals surface area contributed by atoms with Crippen LogP contribution in [0.1, 0.15) is 16.7 Å². The Morgan fingerprint density at radius 3 is 2.59 bits per heavy atom. The number of hydrogen-bond donors (Lipinski definition) is 1. The van der Waals surface area contributed by atoms with Crippen molar-refractivity contribution in [2.24, 2.45) is 0 Å². The molecule has 1 amide bonds. The molecule has 0 aliphatic rings. The van der Waals surface area contributed by atoms with E-state index in [4.69, 9.17) is 14.2 Å². The van der Waals surface area contributed by atoms with Crippen LogP contribution in [-0.2, 0) is 17.9 Å². The van der Waals surface area contributed by atoms with E-state index in [2.05, 4.69) is 21.2 Å². The van der Waals surface area contributed by atoms with Crippen molar-refractivity contribution < 1.29 is 23.4 Å². The smallest absolute Gasteiger partial charge is 0.262 e. The highest BCUT2D eigenvalue weighted by Crippen LogP contribution is 2.28. The third-order valence-corrected chi connectivity index (χ3v) is 5.47. The van der Waals surface area contributed by atoms with Crippen LogP contribution in [0.2, 0.25) is 0 Å². The monoisotopic (exact) mass is 524 g/mol. The van der Waals surface area contributed by atoms with E-state index in [0.717, 1.165) is 5.56 Å². The van der Waals surface area contributed by atoms with Gasteiger partial charge in [-0.2, -0.15) is 5.26 Å². The third-order valence-electron chi connectivity index (χ3n) is 4.85. The highest BCUT2D eigenvalue weighted by atomic mass is 79.9. The summed E-state index contributed by atoms with van der Waals surface area (Å²) in [6.07, 6.45) is 1.49. The van der Waals surface area contributed by atoms with Crippen LogP contribution in [0.5, 0.6) is 17.2 Å². The Kier molecular flexibility index (Phi) is 8.66. The first kappa shape index (κ1) is 24.8. The first-order valence-electron chi connectivity index (χ1n) is 10.2. The Hall–Kier alpha value is -3.83. The highest BCUT2D eigenvalue weighted by molar-refractivity contribution is 9.10. The zero-order valence-corrected chi connectivity index (χ0v) is 20.2. The van der Waals surface area contributed by atoms with Gasteiger partial charge in [0.1, 0.15) is 41.3 Å². The molecule has 3 aromatic carbocycles. The van der Waals surface area contributed by atoms with Gasteiger partial charge in [0.25, 0.3) is 5.91 Å². The van der Waals surface area contributed by atoms with Gasteiger partial charge in [-0.15, -0.1) is 0 Å². The van der Waals surface area contributed by atoms with Crippen molar-refractivity contribution in [3.63, 3.8) is 0 Å². The van der Waals surface area contributed by atoms with Crippen LogP contribution in [0.4, 0.5) is 4.39 Å². The number of nitrogens with one attached hydrogen (secondary N) is 1. The Morgan fingerprint density at radius 2 is 1.91 bits per heavy atom. The molecule has 0 atom stereocenters. The lowest BCUT2D eigenvalue weighted by molar-refractivity contribution is -0.117. The molecular weight excluding hydrogens is 503 g/mol. The van der Waals surface area contributed by atoms with Crippen LogP contribution < -0.4 is 19.5 Å². The normalized spacial score (nSPS) is 10.9. The van der Waals surface area contributed by atoms with E-state index >= 15 is 0 Å². The maximum atomic E-state index is 13.3. The zero-order chi connectivity index (χ0) is 24.5. The molecule has 0 radical (unpaired) electrons. The van der Waals surface area contributed by atoms with Gasteiger partial charge in [0.2, 0.25) is 0 Å². The van der Waals surface area contributed by atoms with Crippen molar-refractivity contribution in [3.8, 4) is 23.3 Å². The second-order valence-corrected chi connectivity index (χ2v) is 7.99. The largest absolute Gasteiger partial charge is 0.497 e. The summed E-state index contributed by atoms with van der Waals surface area (Å²) < 4.78 is 30.2. The molecule has 8 heteroatoms. The molecule has 0 fully saturated rings. The topological polar surface area (TPSA) is 80.6 Å². The summed E-state index contributed by atoms with van der Waals surface area (Å²) in [4.78, 5) is 12.6. The van der Waals surface area contributed by atoms with Gasteiger partial charge in [0.05, 0.1) is 18.7 Å². The van der Waals surface area contributed by atoms with E-state index < -0.39 is 5.91 Å². The van der Waals surface area contributed by atoms with Crippen LogP contribution in [0.15, 0.2) is 70.7 Å². The number of amides is 1. The Balaban J connectivity index is 1.66. The number of rotatable bonds is 9. The summed E-state index contributed by atoms with van der Waals surface area (Å²) in [7, 11) is 3.09. The number of nitrogens with zero attached hydrogens (tertiary/aromatic N) is 1. The van der Waals surface area contributed by atoms with Gasteiger partial charge in [0.15, 0.2) is 0 Å². The molecule has 0 heterocycles. The molecule has 0 aliphatic carbocycles. The first-order valence-corrected chi connectivity index (χ1v) is 11.0. The van der Waals surface area contributed by atoms with Gasteiger partial charge >= 0.3 is 0 Å². The fourth-order valence-electron chi connectivity index (χ4n) is 3.10. The SMILES string of the molecule is COc1ccc(CNC(=O)/C(C#N)=C/c2ccc(OCc3cccc(F)c3)c(Br)c2)c(OC)c1. The molecule has 1 N–H and O–H groups in total. The molecule has 0 bridgehead atoms. The van der Waals surface area contributed by atoms with Gasteiger partial charge in [0, 0.05) is 18.2 Å². The van der Waals surface area contributed by atoms with Crippen LogP contribution in [0, 0.1) is 17.1 Å².